The summed E-state index contributed by atoms with van der Waals surface area (Å²) in [5.74, 6) is 0. The molecular formula is C15H20ClN. The van der Waals surface area contributed by atoms with Gasteiger partial charge in [-0.25, -0.2) is 0 Å². The lowest BCUT2D eigenvalue weighted by atomic mass is 10.1. The van der Waals surface area contributed by atoms with Gasteiger partial charge in [-0.2, -0.15) is 0 Å². The Bertz CT molecular complexity index is 346. The van der Waals surface area contributed by atoms with Crippen LogP contribution in [0.25, 0.3) is 0 Å². The van der Waals surface area contributed by atoms with Crippen LogP contribution in [0, 0.1) is 6.92 Å². The lowest BCUT2D eigenvalue weighted by Gasteiger charge is -2.22. The van der Waals surface area contributed by atoms with Crippen molar-refractivity contribution in [1.82, 2.24) is 4.90 Å². The van der Waals surface area contributed by atoms with E-state index in [4.69, 9.17) is 11.6 Å². The number of alkyl halides is 1. The van der Waals surface area contributed by atoms with Crippen molar-refractivity contribution in [3.05, 3.63) is 60.7 Å². The van der Waals surface area contributed by atoms with Crippen molar-refractivity contribution in [2.24, 2.45) is 0 Å². The molecule has 2 heteroatoms. The maximum absolute atomic E-state index is 6.41. The monoisotopic (exact) mass is 249 g/mol. The molecule has 1 rings (SSSR count). The summed E-state index contributed by atoms with van der Waals surface area (Å²) < 4.78 is 0. The van der Waals surface area contributed by atoms with Gasteiger partial charge in [0.2, 0.25) is 0 Å². The van der Waals surface area contributed by atoms with Crippen LogP contribution in [-0.2, 0) is 0 Å². The summed E-state index contributed by atoms with van der Waals surface area (Å²) in [7, 11) is 0. The van der Waals surface area contributed by atoms with Gasteiger partial charge in [-0.05, 0) is 12.5 Å². The molecule has 0 aliphatic carbocycles. The maximum atomic E-state index is 6.41. The Morgan fingerprint density at radius 1 is 1.18 bits per heavy atom. The Labute approximate surface area is 109 Å². The summed E-state index contributed by atoms with van der Waals surface area (Å²) in [4.78, 5) is 2.22. The molecule has 0 heterocycles. The minimum absolute atomic E-state index is 0.00972. The third kappa shape index (κ3) is 4.76. The van der Waals surface area contributed by atoms with E-state index in [2.05, 4.69) is 49.2 Å². The Morgan fingerprint density at radius 3 is 2.18 bits per heavy atom. The van der Waals surface area contributed by atoms with Crippen LogP contribution in [0.5, 0.6) is 0 Å². The van der Waals surface area contributed by atoms with Gasteiger partial charge in [-0.3, -0.25) is 4.90 Å². The molecule has 1 unspecified atom stereocenters. The highest BCUT2D eigenvalue weighted by atomic mass is 35.5. The van der Waals surface area contributed by atoms with Crippen molar-refractivity contribution < 1.29 is 0 Å². The van der Waals surface area contributed by atoms with E-state index in [0.717, 1.165) is 25.2 Å². The number of halogens is 1. The third-order valence-electron chi connectivity index (χ3n) is 2.63. The smallest absolute Gasteiger partial charge is 0.0712 e. The van der Waals surface area contributed by atoms with Crippen molar-refractivity contribution >= 4 is 11.6 Å². The largest absolute Gasteiger partial charge is 0.294 e. The first-order valence-corrected chi connectivity index (χ1v) is 6.25. The molecule has 0 aliphatic heterocycles. The zero-order valence-electron chi connectivity index (χ0n) is 10.4. The molecule has 1 aromatic carbocycles. The van der Waals surface area contributed by atoms with Gasteiger partial charge in [-0.15, -0.1) is 24.8 Å². The Balaban J connectivity index is 2.62. The molecule has 0 saturated carbocycles. The van der Waals surface area contributed by atoms with Gasteiger partial charge in [0.05, 0.1) is 5.38 Å². The topological polar surface area (TPSA) is 3.24 Å². The summed E-state index contributed by atoms with van der Waals surface area (Å²) >= 11 is 6.41. The van der Waals surface area contributed by atoms with Gasteiger partial charge in [0.25, 0.3) is 0 Å². The zero-order valence-corrected chi connectivity index (χ0v) is 11.2. The molecule has 1 atom stereocenters. The molecule has 0 spiro atoms. The minimum atomic E-state index is 0.00972. The Kier molecular flexibility index (Phi) is 6.03. The lowest BCUT2D eigenvalue weighted by Crippen LogP contribution is -2.27. The van der Waals surface area contributed by atoms with E-state index in [1.54, 1.807) is 0 Å². The fourth-order valence-corrected chi connectivity index (χ4v) is 2.04. The molecule has 0 N–H and O–H groups in total. The average Bonchev–Trinajstić information content (AvgIpc) is 2.30. The molecule has 0 aliphatic rings. The summed E-state index contributed by atoms with van der Waals surface area (Å²) in [5, 5.41) is 0.00972. The van der Waals surface area contributed by atoms with Crippen LogP contribution in [0.3, 0.4) is 0 Å². The van der Waals surface area contributed by atoms with Crippen LogP contribution in [-0.4, -0.2) is 24.5 Å². The minimum Gasteiger partial charge on any atom is -0.294 e. The Hall–Kier alpha value is -1.05. The summed E-state index contributed by atoms with van der Waals surface area (Å²) in [6.07, 6.45) is 3.78. The quantitative estimate of drug-likeness (QED) is 0.523. The molecule has 0 aromatic heterocycles. The summed E-state index contributed by atoms with van der Waals surface area (Å²) in [6, 6.07) is 8.37. The van der Waals surface area contributed by atoms with Crippen LogP contribution >= 0.6 is 11.6 Å². The van der Waals surface area contributed by atoms with Crippen molar-refractivity contribution in [2.45, 2.75) is 12.3 Å². The van der Waals surface area contributed by atoms with Crippen LogP contribution in [0.4, 0.5) is 0 Å². The van der Waals surface area contributed by atoms with Crippen LogP contribution in [0.2, 0.25) is 0 Å². The molecular weight excluding hydrogens is 230 g/mol. The van der Waals surface area contributed by atoms with E-state index in [1.807, 2.05) is 12.2 Å². The van der Waals surface area contributed by atoms with E-state index in [1.165, 1.54) is 5.56 Å². The van der Waals surface area contributed by atoms with Crippen LogP contribution < -0.4 is 0 Å². The SMILES string of the molecule is C=CCN(CC=C)CC(Cl)c1ccc(C)cc1. The maximum Gasteiger partial charge on any atom is 0.0712 e. The zero-order chi connectivity index (χ0) is 12.7. The molecule has 0 fully saturated rings. The molecule has 0 radical (unpaired) electrons. The van der Waals surface area contributed by atoms with Gasteiger partial charge >= 0.3 is 0 Å². The summed E-state index contributed by atoms with van der Waals surface area (Å²) in [6.45, 7) is 12.1. The lowest BCUT2D eigenvalue weighted by molar-refractivity contribution is 0.335. The molecule has 1 nitrogen and oxygen atoms in total. The molecule has 0 amide bonds. The van der Waals surface area contributed by atoms with Crippen LogP contribution in [0.15, 0.2) is 49.6 Å². The molecule has 0 bridgehead atoms. The van der Waals surface area contributed by atoms with Crippen molar-refractivity contribution in [1.29, 1.82) is 0 Å². The van der Waals surface area contributed by atoms with E-state index >= 15 is 0 Å². The Morgan fingerprint density at radius 2 is 1.71 bits per heavy atom. The second-order valence-electron chi connectivity index (χ2n) is 4.17. The highest BCUT2D eigenvalue weighted by Crippen LogP contribution is 2.21. The third-order valence-corrected chi connectivity index (χ3v) is 3.02. The molecule has 1 aromatic rings. The number of nitrogens with zero attached hydrogens (tertiary/aromatic N) is 1. The van der Waals surface area contributed by atoms with Gasteiger partial charge in [0, 0.05) is 19.6 Å². The highest BCUT2D eigenvalue weighted by Gasteiger charge is 2.11. The fourth-order valence-electron chi connectivity index (χ4n) is 1.70. The average molecular weight is 250 g/mol. The predicted molar refractivity (Wildman–Crippen MR) is 76.6 cm³/mol. The number of rotatable bonds is 7. The van der Waals surface area contributed by atoms with Gasteiger partial charge in [0.1, 0.15) is 0 Å². The van der Waals surface area contributed by atoms with E-state index in [0.29, 0.717) is 0 Å². The van der Waals surface area contributed by atoms with Gasteiger partial charge < -0.3 is 0 Å². The van der Waals surface area contributed by atoms with E-state index in [-0.39, 0.29) is 5.38 Å². The number of aryl methyl sites for hydroxylation is 1. The normalized spacial score (nSPS) is 12.4. The standard InChI is InChI=1S/C15H20ClN/c1-4-10-17(11-5-2)12-15(16)14-8-6-13(3)7-9-14/h4-9,15H,1-2,10-12H2,3H3. The second-order valence-corrected chi connectivity index (χ2v) is 4.70. The number of hydrogen-bond acceptors (Lipinski definition) is 1. The molecule has 0 saturated heterocycles. The first-order valence-electron chi connectivity index (χ1n) is 5.82. The summed E-state index contributed by atoms with van der Waals surface area (Å²) in [5.41, 5.74) is 2.42. The van der Waals surface area contributed by atoms with Gasteiger partial charge in [0.15, 0.2) is 0 Å². The predicted octanol–water partition coefficient (Wildman–Crippen LogP) is 3.95. The molecule has 92 valence electrons. The van der Waals surface area contributed by atoms with Crippen molar-refractivity contribution in [3.63, 3.8) is 0 Å². The van der Waals surface area contributed by atoms with Gasteiger partial charge in [-0.1, -0.05) is 42.0 Å². The number of hydrogen-bond donors (Lipinski definition) is 0. The second kappa shape index (κ2) is 7.31. The van der Waals surface area contributed by atoms with Crippen molar-refractivity contribution in [2.75, 3.05) is 19.6 Å². The van der Waals surface area contributed by atoms with Crippen molar-refractivity contribution in [3.8, 4) is 0 Å². The number of benzene rings is 1. The highest BCUT2D eigenvalue weighted by molar-refractivity contribution is 6.21. The first-order chi connectivity index (χ1) is 8.17. The fraction of sp³-hybridized carbons (Fsp3) is 0.333. The van der Waals surface area contributed by atoms with E-state index < -0.39 is 0 Å². The first kappa shape index (κ1) is 14.0. The van der Waals surface area contributed by atoms with Crippen LogP contribution in [0.1, 0.15) is 16.5 Å². The molecule has 17 heavy (non-hydrogen) atoms. The van der Waals surface area contributed by atoms with E-state index in [9.17, 15) is 0 Å².